The molecule has 0 aromatic rings. The van der Waals surface area contributed by atoms with Crippen molar-refractivity contribution in [3.05, 3.63) is 24.0 Å². The molecule has 0 saturated carbocycles. The summed E-state index contributed by atoms with van der Waals surface area (Å²) >= 11 is 0. The van der Waals surface area contributed by atoms with Crippen LogP contribution < -0.4 is 0 Å². The normalized spacial score (nSPS) is 37.2. The molecule has 0 aromatic carbocycles. The van der Waals surface area contributed by atoms with Gasteiger partial charge in [-0.15, -0.1) is 0 Å². The van der Waals surface area contributed by atoms with Crippen LogP contribution in [0.2, 0.25) is 0 Å². The SMILES string of the molecule is CCOC1=CC=CC2(OC)OC12. The second kappa shape index (κ2) is 2.61. The largest absolute Gasteiger partial charge is 0.495 e. The molecule has 1 aliphatic carbocycles. The van der Waals surface area contributed by atoms with Gasteiger partial charge in [0.1, 0.15) is 5.76 Å². The number of ether oxygens (including phenoxy) is 3. The molecule has 3 heteroatoms. The van der Waals surface area contributed by atoms with E-state index in [2.05, 4.69) is 0 Å². The molecule has 0 aromatic heterocycles. The average Bonchev–Trinajstić information content (AvgIpc) is 2.81. The molecule has 12 heavy (non-hydrogen) atoms. The average molecular weight is 168 g/mol. The summed E-state index contributed by atoms with van der Waals surface area (Å²) in [7, 11) is 1.64. The minimum atomic E-state index is -0.515. The highest BCUT2D eigenvalue weighted by atomic mass is 16.8. The van der Waals surface area contributed by atoms with Gasteiger partial charge in [-0.25, -0.2) is 0 Å². The van der Waals surface area contributed by atoms with E-state index in [-0.39, 0.29) is 6.10 Å². The summed E-state index contributed by atoms with van der Waals surface area (Å²) in [5, 5.41) is 0. The molecule has 0 N–H and O–H groups in total. The van der Waals surface area contributed by atoms with Crippen LogP contribution in [0.15, 0.2) is 24.0 Å². The fourth-order valence-corrected chi connectivity index (χ4v) is 1.41. The molecule has 3 nitrogen and oxygen atoms in total. The quantitative estimate of drug-likeness (QED) is 0.594. The highest BCUT2D eigenvalue weighted by Crippen LogP contribution is 2.45. The monoisotopic (exact) mass is 168 g/mol. The summed E-state index contributed by atoms with van der Waals surface area (Å²) in [6.07, 6.45) is 5.70. The summed E-state index contributed by atoms with van der Waals surface area (Å²) in [4.78, 5) is 0. The first-order chi connectivity index (χ1) is 5.82. The summed E-state index contributed by atoms with van der Waals surface area (Å²) in [6.45, 7) is 2.62. The Labute approximate surface area is 71.6 Å². The van der Waals surface area contributed by atoms with Crippen LogP contribution in [-0.4, -0.2) is 25.6 Å². The van der Waals surface area contributed by atoms with Gasteiger partial charge in [0.05, 0.1) is 6.61 Å². The molecule has 2 atom stereocenters. The predicted molar refractivity (Wildman–Crippen MR) is 43.5 cm³/mol. The van der Waals surface area contributed by atoms with E-state index in [1.165, 1.54) is 0 Å². The smallest absolute Gasteiger partial charge is 0.223 e. The Hall–Kier alpha value is -0.800. The highest BCUT2D eigenvalue weighted by Gasteiger charge is 2.59. The Morgan fingerprint density at radius 1 is 1.67 bits per heavy atom. The van der Waals surface area contributed by atoms with Gasteiger partial charge in [0, 0.05) is 7.11 Å². The van der Waals surface area contributed by atoms with Gasteiger partial charge >= 0.3 is 0 Å². The van der Waals surface area contributed by atoms with Crippen molar-refractivity contribution in [2.45, 2.75) is 18.8 Å². The minimum Gasteiger partial charge on any atom is -0.495 e. The van der Waals surface area contributed by atoms with Gasteiger partial charge in [-0.2, -0.15) is 0 Å². The summed E-state index contributed by atoms with van der Waals surface area (Å²) in [6, 6.07) is 0. The van der Waals surface area contributed by atoms with Gasteiger partial charge in [-0.1, -0.05) is 6.08 Å². The molecular formula is C9H12O3. The third-order valence-electron chi connectivity index (χ3n) is 2.09. The maximum absolute atomic E-state index is 5.38. The van der Waals surface area contributed by atoms with Crippen LogP contribution in [-0.2, 0) is 14.2 Å². The Morgan fingerprint density at radius 3 is 3.17 bits per heavy atom. The van der Waals surface area contributed by atoms with Crippen molar-refractivity contribution in [1.82, 2.24) is 0 Å². The van der Waals surface area contributed by atoms with Crippen LogP contribution in [0, 0.1) is 0 Å². The summed E-state index contributed by atoms with van der Waals surface area (Å²) in [5.74, 6) is 0.348. The van der Waals surface area contributed by atoms with Gasteiger partial charge < -0.3 is 14.2 Å². The van der Waals surface area contributed by atoms with Crippen molar-refractivity contribution < 1.29 is 14.2 Å². The topological polar surface area (TPSA) is 31.0 Å². The van der Waals surface area contributed by atoms with Crippen LogP contribution in [0.5, 0.6) is 0 Å². The fraction of sp³-hybridized carbons (Fsp3) is 0.556. The molecule has 1 aliphatic heterocycles. The zero-order valence-electron chi connectivity index (χ0n) is 7.24. The maximum atomic E-state index is 5.38. The van der Waals surface area contributed by atoms with E-state index in [1.807, 2.05) is 25.2 Å². The first kappa shape index (κ1) is 7.83. The van der Waals surface area contributed by atoms with Crippen molar-refractivity contribution in [1.29, 1.82) is 0 Å². The van der Waals surface area contributed by atoms with Crippen molar-refractivity contribution in [3.8, 4) is 0 Å². The van der Waals surface area contributed by atoms with Gasteiger partial charge in [0.25, 0.3) is 0 Å². The minimum absolute atomic E-state index is 0.0209. The lowest BCUT2D eigenvalue weighted by atomic mass is 10.1. The predicted octanol–water partition coefficient (Wildman–Crippen LogP) is 1.22. The molecule has 0 radical (unpaired) electrons. The van der Waals surface area contributed by atoms with Crippen LogP contribution in [0.1, 0.15) is 6.92 Å². The van der Waals surface area contributed by atoms with Crippen LogP contribution in [0.3, 0.4) is 0 Å². The molecule has 0 amide bonds. The third kappa shape index (κ3) is 0.974. The molecule has 0 spiro atoms. The number of epoxide rings is 1. The first-order valence-corrected chi connectivity index (χ1v) is 4.07. The van der Waals surface area contributed by atoms with Crippen molar-refractivity contribution in [3.63, 3.8) is 0 Å². The number of allylic oxidation sites excluding steroid dienone is 2. The van der Waals surface area contributed by atoms with E-state index in [0.717, 1.165) is 5.76 Å². The second-order valence-electron chi connectivity index (χ2n) is 2.78. The Bertz CT molecular complexity index is 244. The lowest BCUT2D eigenvalue weighted by Crippen LogP contribution is -2.18. The summed E-state index contributed by atoms with van der Waals surface area (Å²) in [5.41, 5.74) is 0. The number of rotatable bonds is 3. The van der Waals surface area contributed by atoms with Gasteiger partial charge in [-0.3, -0.25) is 0 Å². The van der Waals surface area contributed by atoms with Crippen molar-refractivity contribution >= 4 is 0 Å². The van der Waals surface area contributed by atoms with E-state index >= 15 is 0 Å². The molecule has 1 fully saturated rings. The molecule has 1 heterocycles. The molecule has 2 unspecified atom stereocenters. The van der Waals surface area contributed by atoms with E-state index in [4.69, 9.17) is 14.2 Å². The van der Waals surface area contributed by atoms with Crippen LogP contribution in [0.4, 0.5) is 0 Å². The number of hydrogen-bond donors (Lipinski definition) is 0. The maximum Gasteiger partial charge on any atom is 0.223 e. The van der Waals surface area contributed by atoms with Crippen LogP contribution in [0.25, 0.3) is 0 Å². The molecule has 2 aliphatic rings. The Kier molecular flexibility index (Phi) is 1.70. The van der Waals surface area contributed by atoms with Gasteiger partial charge in [-0.05, 0) is 19.1 Å². The Balaban J connectivity index is 2.10. The molecule has 2 rings (SSSR count). The highest BCUT2D eigenvalue weighted by molar-refractivity contribution is 5.32. The number of hydrogen-bond acceptors (Lipinski definition) is 3. The van der Waals surface area contributed by atoms with Crippen molar-refractivity contribution in [2.75, 3.05) is 13.7 Å². The van der Waals surface area contributed by atoms with E-state index < -0.39 is 5.79 Å². The zero-order valence-corrected chi connectivity index (χ0v) is 7.24. The molecule has 1 saturated heterocycles. The van der Waals surface area contributed by atoms with Crippen LogP contribution >= 0.6 is 0 Å². The number of methoxy groups -OCH3 is 1. The van der Waals surface area contributed by atoms with E-state index in [1.54, 1.807) is 7.11 Å². The third-order valence-corrected chi connectivity index (χ3v) is 2.09. The fourth-order valence-electron chi connectivity index (χ4n) is 1.41. The molecule has 0 bridgehead atoms. The zero-order chi connectivity index (χ0) is 8.60. The van der Waals surface area contributed by atoms with E-state index in [0.29, 0.717) is 6.61 Å². The summed E-state index contributed by atoms with van der Waals surface area (Å²) < 4.78 is 15.9. The number of fused-ring (bicyclic) bond motifs is 1. The first-order valence-electron chi connectivity index (χ1n) is 4.07. The molecule has 66 valence electrons. The van der Waals surface area contributed by atoms with Gasteiger partial charge in [0.15, 0.2) is 6.10 Å². The lowest BCUT2D eigenvalue weighted by Gasteiger charge is -2.11. The molecular weight excluding hydrogens is 156 g/mol. The van der Waals surface area contributed by atoms with E-state index in [9.17, 15) is 0 Å². The lowest BCUT2D eigenvalue weighted by molar-refractivity contribution is 0.0298. The Morgan fingerprint density at radius 2 is 2.50 bits per heavy atom. The second-order valence-corrected chi connectivity index (χ2v) is 2.78. The van der Waals surface area contributed by atoms with Gasteiger partial charge in [0.2, 0.25) is 5.79 Å². The van der Waals surface area contributed by atoms with Crippen molar-refractivity contribution in [2.24, 2.45) is 0 Å². The standard InChI is InChI=1S/C9H12O3/c1-3-11-7-5-4-6-9(10-2)8(7)12-9/h4-6,8H,3H2,1-2H3.